The van der Waals surface area contributed by atoms with E-state index in [1.54, 1.807) is 30.3 Å². The first-order valence-electron chi connectivity index (χ1n) is 10.6. The maximum Gasteiger partial charge on any atom is 0.365 e. The molecule has 0 saturated heterocycles. The highest BCUT2D eigenvalue weighted by molar-refractivity contribution is 6.42. The molecule has 2 aliphatic carbocycles. The van der Waals surface area contributed by atoms with Crippen LogP contribution in [-0.2, 0) is 9.63 Å². The summed E-state index contributed by atoms with van der Waals surface area (Å²) in [7, 11) is 0. The van der Waals surface area contributed by atoms with Gasteiger partial charge in [0.05, 0.1) is 26.7 Å². The smallest absolute Gasteiger partial charge is 0.326 e. The van der Waals surface area contributed by atoms with Gasteiger partial charge >= 0.3 is 5.97 Å². The Balaban J connectivity index is 1.58. The van der Waals surface area contributed by atoms with Gasteiger partial charge in [0, 0.05) is 17.5 Å². The fraction of sp³-hybridized carbons (Fsp3) is 0.400. The Morgan fingerprint density at radius 3 is 2.34 bits per heavy atom. The Kier molecular flexibility index (Phi) is 5.62. The van der Waals surface area contributed by atoms with Crippen LogP contribution in [0.5, 0.6) is 0 Å². The van der Waals surface area contributed by atoms with Crippen molar-refractivity contribution < 1.29 is 14.4 Å². The molecule has 2 saturated carbocycles. The summed E-state index contributed by atoms with van der Waals surface area (Å²) in [5.74, 6) is -0.587. The van der Waals surface area contributed by atoms with Gasteiger partial charge in [-0.3, -0.25) is 4.79 Å². The van der Waals surface area contributed by atoms with E-state index in [0.29, 0.717) is 27.7 Å². The highest BCUT2D eigenvalue weighted by Gasteiger charge is 2.71. The van der Waals surface area contributed by atoms with Crippen molar-refractivity contribution in [2.75, 3.05) is 5.32 Å². The van der Waals surface area contributed by atoms with Crippen molar-refractivity contribution in [2.45, 2.75) is 47.0 Å². The molecule has 32 heavy (non-hydrogen) atoms. The van der Waals surface area contributed by atoms with Gasteiger partial charge in [-0.15, -0.1) is 0 Å². The first-order chi connectivity index (χ1) is 15.0. The molecule has 4 rings (SSSR count). The zero-order valence-electron chi connectivity index (χ0n) is 18.6. The molecule has 2 bridgehead atoms. The molecule has 0 heterocycles. The third-order valence-electron chi connectivity index (χ3n) is 7.87. The second-order valence-corrected chi connectivity index (χ2v) is 10.4. The van der Waals surface area contributed by atoms with Gasteiger partial charge in [-0.1, -0.05) is 66.8 Å². The number of oxime groups is 1. The van der Waals surface area contributed by atoms with Crippen molar-refractivity contribution in [3.05, 3.63) is 63.6 Å². The van der Waals surface area contributed by atoms with Crippen molar-refractivity contribution >= 4 is 46.5 Å². The van der Waals surface area contributed by atoms with Gasteiger partial charge in [-0.25, -0.2) is 4.79 Å². The van der Waals surface area contributed by atoms with Gasteiger partial charge in [-0.2, -0.15) is 0 Å². The molecule has 2 aromatic carbocycles. The Bertz CT molecular complexity index is 1130. The minimum atomic E-state index is -0.664. The Morgan fingerprint density at radius 1 is 1.00 bits per heavy atom. The van der Waals surface area contributed by atoms with Crippen molar-refractivity contribution in [3.63, 3.8) is 0 Å². The first-order valence-corrected chi connectivity index (χ1v) is 11.4. The van der Waals surface area contributed by atoms with Gasteiger partial charge < -0.3 is 10.2 Å². The lowest BCUT2D eigenvalue weighted by atomic mass is 9.64. The summed E-state index contributed by atoms with van der Waals surface area (Å²) in [6.45, 7) is 8.25. The summed E-state index contributed by atoms with van der Waals surface area (Å²) in [5, 5.41) is 8.11. The van der Waals surface area contributed by atoms with E-state index in [1.807, 2.05) is 19.1 Å². The van der Waals surface area contributed by atoms with E-state index in [2.05, 4.69) is 31.2 Å². The van der Waals surface area contributed by atoms with Crippen LogP contribution in [0.25, 0.3) is 0 Å². The van der Waals surface area contributed by atoms with Gasteiger partial charge in [0.25, 0.3) is 0 Å². The number of rotatable bonds is 4. The molecule has 2 aliphatic rings. The lowest BCUT2D eigenvalue weighted by Crippen LogP contribution is -2.43. The van der Waals surface area contributed by atoms with Crippen molar-refractivity contribution in [1.29, 1.82) is 0 Å². The van der Waals surface area contributed by atoms with E-state index in [-0.39, 0.29) is 16.7 Å². The SMILES string of the molecule is Cc1ccc(C(=O)ON=C2CC3(C(=O)Nc4ccc(Cl)c(Cl)c4)CCC2(C)C3(C)C)cc1. The third-order valence-corrected chi connectivity index (χ3v) is 8.61. The Labute approximate surface area is 198 Å². The molecule has 2 unspecified atom stereocenters. The number of hydrogen-bond donors (Lipinski definition) is 1. The van der Waals surface area contributed by atoms with Crippen LogP contribution in [0.15, 0.2) is 47.6 Å². The van der Waals surface area contributed by atoms with Crippen LogP contribution in [0.2, 0.25) is 10.0 Å². The summed E-state index contributed by atoms with van der Waals surface area (Å²) in [5.41, 5.74) is 1.45. The monoisotopic (exact) mass is 472 g/mol. The van der Waals surface area contributed by atoms with Crippen LogP contribution < -0.4 is 5.32 Å². The molecule has 1 amide bonds. The molecule has 0 aromatic heterocycles. The highest BCUT2D eigenvalue weighted by atomic mass is 35.5. The second kappa shape index (κ2) is 7.89. The standard InChI is InChI=1S/C25H26Cl2N2O3/c1-15-5-7-16(8-6-15)21(30)32-29-20-14-25(12-11-24(20,4)23(25,2)3)22(31)28-17-9-10-18(26)19(27)13-17/h5-10,13H,11-12,14H2,1-4H3,(H,28,31). The van der Waals surface area contributed by atoms with Crippen molar-refractivity contribution in [3.8, 4) is 0 Å². The number of benzene rings is 2. The Hall–Kier alpha value is -2.37. The zero-order valence-corrected chi connectivity index (χ0v) is 20.1. The van der Waals surface area contributed by atoms with Gasteiger partial charge in [0.2, 0.25) is 5.91 Å². The number of carbonyl (C=O) groups is 2. The van der Waals surface area contributed by atoms with Crippen molar-refractivity contribution in [1.82, 2.24) is 0 Å². The van der Waals surface area contributed by atoms with E-state index >= 15 is 0 Å². The van der Waals surface area contributed by atoms with Gasteiger partial charge in [-0.05, 0) is 55.5 Å². The normalized spacial score (nSPS) is 26.9. The summed E-state index contributed by atoms with van der Waals surface area (Å²) in [6.07, 6.45) is 1.95. The summed E-state index contributed by atoms with van der Waals surface area (Å²) in [4.78, 5) is 31.3. The number of carbonyl (C=O) groups excluding carboxylic acids is 2. The lowest BCUT2D eigenvalue weighted by Gasteiger charge is -2.39. The molecule has 0 radical (unpaired) electrons. The number of nitrogens with one attached hydrogen (secondary N) is 1. The van der Waals surface area contributed by atoms with E-state index in [1.165, 1.54) is 0 Å². The minimum absolute atomic E-state index is 0.0836. The molecule has 5 nitrogen and oxygen atoms in total. The number of halogens is 2. The summed E-state index contributed by atoms with van der Waals surface area (Å²) >= 11 is 12.1. The highest BCUT2D eigenvalue weighted by Crippen LogP contribution is 2.71. The van der Waals surface area contributed by atoms with Crippen LogP contribution in [-0.4, -0.2) is 17.6 Å². The number of fused-ring (bicyclic) bond motifs is 2. The van der Waals surface area contributed by atoms with Crippen molar-refractivity contribution in [2.24, 2.45) is 21.4 Å². The second-order valence-electron chi connectivity index (χ2n) is 9.58. The number of anilines is 1. The fourth-order valence-electron chi connectivity index (χ4n) is 5.19. The molecular weight excluding hydrogens is 447 g/mol. The molecule has 2 fully saturated rings. The largest absolute Gasteiger partial charge is 0.365 e. The molecular formula is C25H26Cl2N2O3. The topological polar surface area (TPSA) is 67.8 Å². The minimum Gasteiger partial charge on any atom is -0.326 e. The molecule has 168 valence electrons. The first kappa shape index (κ1) is 22.8. The molecule has 7 heteroatoms. The van der Waals surface area contributed by atoms with E-state index in [0.717, 1.165) is 24.1 Å². The van der Waals surface area contributed by atoms with Crippen LogP contribution in [0.1, 0.15) is 56.0 Å². The average Bonchev–Trinajstić information content (AvgIpc) is 3.06. The van der Waals surface area contributed by atoms with Gasteiger partial charge in [0.1, 0.15) is 0 Å². The molecule has 2 aromatic rings. The predicted molar refractivity (Wildman–Crippen MR) is 127 cm³/mol. The average molecular weight is 473 g/mol. The lowest BCUT2D eigenvalue weighted by molar-refractivity contribution is -0.130. The maximum absolute atomic E-state index is 13.5. The predicted octanol–water partition coefficient (Wildman–Crippen LogP) is 6.67. The molecule has 0 spiro atoms. The molecule has 2 atom stereocenters. The zero-order chi connectivity index (χ0) is 23.3. The van der Waals surface area contributed by atoms with Crippen LogP contribution in [0, 0.1) is 23.2 Å². The third kappa shape index (κ3) is 3.43. The molecule has 0 aliphatic heterocycles. The van der Waals surface area contributed by atoms with Gasteiger partial charge in [0.15, 0.2) is 0 Å². The number of aryl methyl sites for hydroxylation is 1. The maximum atomic E-state index is 13.5. The number of amides is 1. The fourth-order valence-corrected chi connectivity index (χ4v) is 5.48. The van der Waals surface area contributed by atoms with E-state index in [4.69, 9.17) is 28.0 Å². The van der Waals surface area contributed by atoms with Crippen LogP contribution in [0.3, 0.4) is 0 Å². The van der Waals surface area contributed by atoms with E-state index < -0.39 is 11.4 Å². The quantitative estimate of drug-likeness (QED) is 0.398. The van der Waals surface area contributed by atoms with Crippen LogP contribution in [0.4, 0.5) is 5.69 Å². The summed E-state index contributed by atoms with van der Waals surface area (Å²) in [6, 6.07) is 12.2. The molecule has 1 N–H and O–H groups in total. The van der Waals surface area contributed by atoms with E-state index in [9.17, 15) is 9.59 Å². The number of nitrogens with zero attached hydrogens (tertiary/aromatic N) is 1. The van der Waals surface area contributed by atoms with Crippen LogP contribution >= 0.6 is 23.2 Å². The summed E-state index contributed by atoms with van der Waals surface area (Å²) < 4.78 is 0. The Morgan fingerprint density at radius 2 is 1.69 bits per heavy atom. The number of hydrogen-bond acceptors (Lipinski definition) is 4.